The molecule has 6 heteroatoms. The molecule has 0 spiro atoms. The van der Waals surface area contributed by atoms with Crippen LogP contribution in [0.2, 0.25) is 0 Å². The molecule has 2 N–H and O–H groups in total. The summed E-state index contributed by atoms with van der Waals surface area (Å²) in [6, 6.07) is 5.37. The SMILES string of the molecule is CC(C)N(Cc1ccc(C(F)(F)F)cc1)SN. The highest BCUT2D eigenvalue weighted by molar-refractivity contribution is 7.94. The first-order valence-electron chi connectivity index (χ1n) is 5.14. The van der Waals surface area contributed by atoms with Crippen molar-refractivity contribution < 1.29 is 13.2 Å². The Bertz CT molecular complexity index is 349. The first kappa shape index (κ1) is 14.3. The Morgan fingerprint density at radius 3 is 2.12 bits per heavy atom. The molecule has 0 heterocycles. The maximum atomic E-state index is 12.3. The summed E-state index contributed by atoms with van der Waals surface area (Å²) in [6.07, 6.45) is -4.28. The number of benzene rings is 1. The molecular weight excluding hydrogens is 249 g/mol. The molecule has 17 heavy (non-hydrogen) atoms. The van der Waals surface area contributed by atoms with Gasteiger partial charge in [0.1, 0.15) is 0 Å². The fraction of sp³-hybridized carbons (Fsp3) is 0.455. The second-order valence-corrected chi connectivity index (χ2v) is 4.65. The lowest BCUT2D eigenvalue weighted by molar-refractivity contribution is -0.137. The zero-order valence-corrected chi connectivity index (χ0v) is 10.5. The number of nitrogens with zero attached hydrogens (tertiary/aromatic N) is 1. The number of nitrogens with two attached hydrogens (primary N) is 1. The van der Waals surface area contributed by atoms with Gasteiger partial charge in [0, 0.05) is 24.7 Å². The van der Waals surface area contributed by atoms with Gasteiger partial charge in [0.25, 0.3) is 0 Å². The topological polar surface area (TPSA) is 29.3 Å². The van der Waals surface area contributed by atoms with E-state index in [1.54, 1.807) is 0 Å². The molecule has 0 atom stereocenters. The Morgan fingerprint density at radius 1 is 1.24 bits per heavy atom. The van der Waals surface area contributed by atoms with Crippen LogP contribution in [0, 0.1) is 0 Å². The lowest BCUT2D eigenvalue weighted by Crippen LogP contribution is -2.25. The first-order chi connectivity index (χ1) is 7.84. The van der Waals surface area contributed by atoms with E-state index in [1.165, 1.54) is 12.1 Å². The van der Waals surface area contributed by atoms with Crippen molar-refractivity contribution in [2.75, 3.05) is 0 Å². The van der Waals surface area contributed by atoms with E-state index in [4.69, 9.17) is 5.14 Å². The molecule has 0 aliphatic heterocycles. The third kappa shape index (κ3) is 4.22. The number of halogens is 3. The Kier molecular flexibility index (Phi) is 4.85. The van der Waals surface area contributed by atoms with Gasteiger partial charge >= 0.3 is 6.18 Å². The molecule has 0 amide bonds. The van der Waals surface area contributed by atoms with Crippen LogP contribution in [0.15, 0.2) is 24.3 Å². The molecule has 96 valence electrons. The molecule has 1 aromatic carbocycles. The van der Waals surface area contributed by atoms with Crippen LogP contribution in [0.4, 0.5) is 13.2 Å². The predicted octanol–water partition coefficient (Wildman–Crippen LogP) is 3.44. The Morgan fingerprint density at radius 2 is 1.76 bits per heavy atom. The number of rotatable bonds is 4. The molecule has 0 aromatic heterocycles. The lowest BCUT2D eigenvalue weighted by atomic mass is 10.1. The van der Waals surface area contributed by atoms with Crippen molar-refractivity contribution in [3.8, 4) is 0 Å². The predicted molar refractivity (Wildman–Crippen MR) is 63.9 cm³/mol. The average molecular weight is 264 g/mol. The lowest BCUT2D eigenvalue weighted by Gasteiger charge is -2.22. The third-order valence-electron chi connectivity index (χ3n) is 2.33. The van der Waals surface area contributed by atoms with Gasteiger partial charge in [0.05, 0.1) is 5.56 Å². The molecule has 2 nitrogen and oxygen atoms in total. The molecule has 0 bridgehead atoms. The summed E-state index contributed by atoms with van der Waals surface area (Å²) in [5.74, 6) is 0. The van der Waals surface area contributed by atoms with Crippen LogP contribution in [0.3, 0.4) is 0 Å². The smallest absolute Gasteiger partial charge is 0.264 e. The van der Waals surface area contributed by atoms with Crippen LogP contribution in [-0.4, -0.2) is 10.3 Å². The van der Waals surface area contributed by atoms with Gasteiger partial charge in [-0.3, -0.25) is 5.14 Å². The van der Waals surface area contributed by atoms with Gasteiger partial charge < -0.3 is 0 Å². The fourth-order valence-corrected chi connectivity index (χ4v) is 1.79. The average Bonchev–Trinajstić information content (AvgIpc) is 2.25. The Labute approximate surface area is 103 Å². The fourth-order valence-electron chi connectivity index (χ4n) is 1.32. The third-order valence-corrected chi connectivity index (χ3v) is 3.15. The summed E-state index contributed by atoms with van der Waals surface area (Å²) < 4.78 is 38.9. The highest BCUT2D eigenvalue weighted by atomic mass is 32.2. The monoisotopic (exact) mass is 264 g/mol. The molecule has 0 saturated carbocycles. The minimum absolute atomic E-state index is 0.229. The van der Waals surface area contributed by atoms with Crippen LogP contribution < -0.4 is 5.14 Å². The second-order valence-electron chi connectivity index (χ2n) is 3.97. The molecule has 0 aliphatic carbocycles. The van der Waals surface area contributed by atoms with Gasteiger partial charge in [-0.15, -0.1) is 0 Å². The van der Waals surface area contributed by atoms with Gasteiger partial charge in [-0.2, -0.15) is 13.2 Å². The standard InChI is InChI=1S/C11H15F3N2S/c1-8(2)16(17-15)7-9-3-5-10(6-4-9)11(12,13)14/h3-6,8H,7,15H2,1-2H3. The van der Waals surface area contributed by atoms with E-state index in [9.17, 15) is 13.2 Å². The zero-order chi connectivity index (χ0) is 13.1. The van der Waals surface area contributed by atoms with Crippen molar-refractivity contribution in [1.29, 1.82) is 0 Å². The highest BCUT2D eigenvalue weighted by Gasteiger charge is 2.29. The van der Waals surface area contributed by atoms with E-state index in [1.807, 2.05) is 18.2 Å². The van der Waals surface area contributed by atoms with Crippen LogP contribution in [-0.2, 0) is 12.7 Å². The van der Waals surface area contributed by atoms with Crippen molar-refractivity contribution in [3.05, 3.63) is 35.4 Å². The van der Waals surface area contributed by atoms with Gasteiger partial charge in [-0.1, -0.05) is 12.1 Å². The summed E-state index contributed by atoms with van der Waals surface area (Å²) >= 11 is 1.09. The van der Waals surface area contributed by atoms with Crippen molar-refractivity contribution in [3.63, 3.8) is 0 Å². The van der Waals surface area contributed by atoms with E-state index >= 15 is 0 Å². The van der Waals surface area contributed by atoms with Gasteiger partial charge in [-0.25, -0.2) is 4.31 Å². The first-order valence-corrected chi connectivity index (χ1v) is 5.98. The van der Waals surface area contributed by atoms with Crippen molar-refractivity contribution >= 4 is 12.1 Å². The maximum absolute atomic E-state index is 12.3. The molecule has 0 radical (unpaired) electrons. The summed E-state index contributed by atoms with van der Waals surface area (Å²) in [4.78, 5) is 0. The van der Waals surface area contributed by atoms with Crippen molar-refractivity contribution in [1.82, 2.24) is 4.31 Å². The van der Waals surface area contributed by atoms with Gasteiger partial charge in [-0.05, 0) is 31.5 Å². The van der Waals surface area contributed by atoms with Crippen LogP contribution in [0.5, 0.6) is 0 Å². The van der Waals surface area contributed by atoms with E-state index in [0.717, 1.165) is 29.8 Å². The van der Waals surface area contributed by atoms with E-state index < -0.39 is 11.7 Å². The molecule has 0 unspecified atom stereocenters. The summed E-state index contributed by atoms with van der Waals surface area (Å²) in [7, 11) is 0. The summed E-state index contributed by atoms with van der Waals surface area (Å²) in [5, 5.41) is 5.48. The normalized spacial score (nSPS) is 12.5. The molecular formula is C11H15F3N2S. The number of hydrogen-bond donors (Lipinski definition) is 1. The maximum Gasteiger partial charge on any atom is 0.416 e. The van der Waals surface area contributed by atoms with Gasteiger partial charge in [0.15, 0.2) is 0 Å². The highest BCUT2D eigenvalue weighted by Crippen LogP contribution is 2.29. The minimum atomic E-state index is -4.28. The van der Waals surface area contributed by atoms with E-state index in [0.29, 0.717) is 6.54 Å². The Balaban J connectivity index is 2.75. The number of hydrogen-bond acceptors (Lipinski definition) is 3. The van der Waals surface area contributed by atoms with Crippen LogP contribution in [0.25, 0.3) is 0 Å². The Hall–Kier alpha value is -0.720. The molecule has 1 aromatic rings. The van der Waals surface area contributed by atoms with Crippen molar-refractivity contribution in [2.45, 2.75) is 32.6 Å². The minimum Gasteiger partial charge on any atom is -0.264 e. The van der Waals surface area contributed by atoms with E-state index in [2.05, 4.69) is 0 Å². The summed E-state index contributed by atoms with van der Waals surface area (Å²) in [5.41, 5.74) is 0.183. The van der Waals surface area contributed by atoms with Crippen LogP contribution >= 0.6 is 12.1 Å². The quantitative estimate of drug-likeness (QED) is 0.845. The molecule has 0 aliphatic rings. The van der Waals surface area contributed by atoms with Crippen LogP contribution in [0.1, 0.15) is 25.0 Å². The van der Waals surface area contributed by atoms with Gasteiger partial charge in [0.2, 0.25) is 0 Å². The largest absolute Gasteiger partial charge is 0.416 e. The zero-order valence-electron chi connectivity index (χ0n) is 9.66. The summed E-state index contributed by atoms with van der Waals surface area (Å²) in [6.45, 7) is 4.48. The second kappa shape index (κ2) is 5.75. The molecule has 1 rings (SSSR count). The molecule has 0 saturated heterocycles. The van der Waals surface area contributed by atoms with E-state index in [-0.39, 0.29) is 6.04 Å². The van der Waals surface area contributed by atoms with Crippen molar-refractivity contribution in [2.24, 2.45) is 5.14 Å². The number of alkyl halides is 3. The molecule has 0 fully saturated rings.